The van der Waals surface area contributed by atoms with Crippen LogP contribution >= 0.6 is 11.3 Å². The van der Waals surface area contributed by atoms with Crippen LogP contribution in [0.3, 0.4) is 0 Å². The molecule has 0 aliphatic rings. The second-order valence-corrected chi connectivity index (χ2v) is 4.93. The Morgan fingerprint density at radius 2 is 2.24 bits per heavy atom. The number of furan rings is 1. The summed E-state index contributed by atoms with van der Waals surface area (Å²) < 4.78 is 5.40. The molecule has 2 heterocycles. The Morgan fingerprint density at radius 1 is 1.29 bits per heavy atom. The highest BCUT2D eigenvalue weighted by Gasteiger charge is 2.07. The molecule has 0 aliphatic carbocycles. The van der Waals surface area contributed by atoms with E-state index in [0.29, 0.717) is 0 Å². The molecule has 0 radical (unpaired) electrons. The maximum Gasteiger partial charge on any atom is 0.117 e. The van der Waals surface area contributed by atoms with Crippen LogP contribution in [0, 0.1) is 0 Å². The molecule has 0 aromatic carbocycles. The lowest BCUT2D eigenvalue weighted by molar-refractivity contribution is 0.262. The Hall–Kier alpha value is -1.32. The molecule has 2 aromatic rings. The third kappa shape index (κ3) is 3.88. The largest absolute Gasteiger partial charge is 0.468 e. The van der Waals surface area contributed by atoms with Crippen molar-refractivity contribution in [2.24, 2.45) is 0 Å². The van der Waals surface area contributed by atoms with Crippen LogP contribution in [0.2, 0.25) is 0 Å². The number of rotatable bonds is 6. The lowest BCUT2D eigenvalue weighted by Crippen LogP contribution is -2.22. The van der Waals surface area contributed by atoms with Crippen molar-refractivity contribution in [3.8, 4) is 0 Å². The molecule has 0 amide bonds. The highest BCUT2D eigenvalue weighted by atomic mass is 32.1. The van der Waals surface area contributed by atoms with Crippen LogP contribution in [0.1, 0.15) is 17.6 Å². The van der Waals surface area contributed by atoms with Crippen LogP contribution in [-0.4, -0.2) is 11.4 Å². The molecule has 0 atom stereocenters. The first-order valence-corrected chi connectivity index (χ1v) is 6.64. The van der Waals surface area contributed by atoms with E-state index < -0.39 is 0 Å². The zero-order chi connectivity index (χ0) is 11.9. The number of hydrogen-bond acceptors (Lipinski definition) is 3. The maximum atomic E-state index is 5.40. The minimum absolute atomic E-state index is 0.856. The van der Waals surface area contributed by atoms with E-state index in [-0.39, 0.29) is 0 Å². The lowest BCUT2D eigenvalue weighted by atomic mass is 10.3. The highest BCUT2D eigenvalue weighted by Crippen LogP contribution is 2.14. The van der Waals surface area contributed by atoms with Crippen LogP contribution in [0.4, 0.5) is 0 Å². The normalized spacial score (nSPS) is 11.6. The Bertz CT molecular complexity index is 395. The van der Waals surface area contributed by atoms with Gasteiger partial charge in [0, 0.05) is 18.0 Å². The molecule has 2 nitrogen and oxygen atoms in total. The van der Waals surface area contributed by atoms with Gasteiger partial charge in [0.15, 0.2) is 0 Å². The summed E-state index contributed by atoms with van der Waals surface area (Å²) in [5, 5.41) is 2.12. The van der Waals surface area contributed by atoms with E-state index in [9.17, 15) is 0 Å². The first kappa shape index (κ1) is 12.1. The molecule has 2 rings (SSSR count). The van der Waals surface area contributed by atoms with Gasteiger partial charge < -0.3 is 4.42 Å². The van der Waals surface area contributed by atoms with Gasteiger partial charge in [0.05, 0.1) is 12.8 Å². The monoisotopic (exact) mass is 247 g/mol. The smallest absolute Gasteiger partial charge is 0.117 e. The predicted molar refractivity (Wildman–Crippen MR) is 72.0 cm³/mol. The zero-order valence-corrected chi connectivity index (χ0v) is 10.8. The summed E-state index contributed by atoms with van der Waals surface area (Å²) in [4.78, 5) is 3.76. The van der Waals surface area contributed by atoms with E-state index in [4.69, 9.17) is 4.42 Å². The van der Waals surface area contributed by atoms with Crippen LogP contribution in [0.5, 0.6) is 0 Å². The van der Waals surface area contributed by atoms with E-state index >= 15 is 0 Å². The van der Waals surface area contributed by atoms with Crippen LogP contribution < -0.4 is 0 Å². The number of hydrogen-bond donors (Lipinski definition) is 0. The average Bonchev–Trinajstić information content (AvgIpc) is 2.99. The van der Waals surface area contributed by atoms with Crippen LogP contribution in [0.25, 0.3) is 0 Å². The van der Waals surface area contributed by atoms with Gasteiger partial charge in [0.25, 0.3) is 0 Å². The molecule has 0 bridgehead atoms. The van der Waals surface area contributed by atoms with E-state index in [1.165, 1.54) is 4.88 Å². The first-order valence-electron chi connectivity index (χ1n) is 5.77. The minimum atomic E-state index is 0.856. The number of nitrogens with zero attached hydrogens (tertiary/aromatic N) is 1. The maximum absolute atomic E-state index is 5.40. The van der Waals surface area contributed by atoms with Crippen molar-refractivity contribution < 1.29 is 4.42 Å². The molecule has 0 unspecified atom stereocenters. The molecule has 0 saturated heterocycles. The molecule has 0 aliphatic heterocycles. The summed E-state index contributed by atoms with van der Waals surface area (Å²) in [5.41, 5.74) is 0. The van der Waals surface area contributed by atoms with Gasteiger partial charge in [-0.3, -0.25) is 4.90 Å². The molecular formula is C14H17NOS. The molecular weight excluding hydrogens is 230 g/mol. The van der Waals surface area contributed by atoms with Gasteiger partial charge >= 0.3 is 0 Å². The summed E-state index contributed by atoms with van der Waals surface area (Å²) >= 11 is 1.80. The molecule has 0 spiro atoms. The zero-order valence-electron chi connectivity index (χ0n) is 10.0. The van der Waals surface area contributed by atoms with E-state index in [0.717, 1.165) is 25.4 Å². The molecule has 3 heteroatoms. The van der Waals surface area contributed by atoms with Crippen molar-refractivity contribution in [2.75, 3.05) is 6.54 Å². The fourth-order valence-corrected chi connectivity index (χ4v) is 2.43. The third-order valence-corrected chi connectivity index (χ3v) is 3.38. The van der Waals surface area contributed by atoms with Crippen molar-refractivity contribution in [3.63, 3.8) is 0 Å². The minimum Gasteiger partial charge on any atom is -0.468 e. The summed E-state index contributed by atoms with van der Waals surface area (Å²) in [5.74, 6) is 1.02. The molecule has 0 N–H and O–H groups in total. The average molecular weight is 247 g/mol. The summed E-state index contributed by atoms with van der Waals surface area (Å²) in [7, 11) is 0. The van der Waals surface area contributed by atoms with Gasteiger partial charge in [-0.15, -0.1) is 11.3 Å². The number of allylic oxidation sites excluding steroid dienone is 1. The van der Waals surface area contributed by atoms with E-state index in [1.54, 1.807) is 17.6 Å². The first-order chi connectivity index (χ1) is 8.38. The highest BCUT2D eigenvalue weighted by molar-refractivity contribution is 7.09. The Labute approximate surface area is 106 Å². The summed E-state index contributed by atoms with van der Waals surface area (Å²) in [6, 6.07) is 8.24. The summed E-state index contributed by atoms with van der Waals surface area (Å²) in [6.07, 6.45) is 5.99. The number of thiophene rings is 1. The fraction of sp³-hybridized carbons (Fsp3) is 0.286. The second-order valence-electron chi connectivity index (χ2n) is 3.90. The molecule has 17 heavy (non-hydrogen) atoms. The molecule has 0 saturated carbocycles. The summed E-state index contributed by atoms with van der Waals surface area (Å²) in [6.45, 7) is 4.84. The standard InChI is InChI=1S/C14H17NOS/c1-2-3-8-15(11-13-6-4-9-16-13)12-14-7-5-10-17-14/h2-7,9-10H,8,11-12H2,1H3/b3-2-. The van der Waals surface area contributed by atoms with Crippen LogP contribution in [0.15, 0.2) is 52.5 Å². The topological polar surface area (TPSA) is 16.4 Å². The van der Waals surface area contributed by atoms with Gasteiger partial charge in [-0.25, -0.2) is 0 Å². The van der Waals surface area contributed by atoms with Crippen molar-refractivity contribution in [2.45, 2.75) is 20.0 Å². The van der Waals surface area contributed by atoms with Crippen LogP contribution in [-0.2, 0) is 13.1 Å². The Balaban J connectivity index is 1.97. The molecule has 2 aromatic heterocycles. The lowest BCUT2D eigenvalue weighted by Gasteiger charge is -2.18. The Kier molecular flexibility index (Phi) is 4.59. The van der Waals surface area contributed by atoms with Crippen molar-refractivity contribution in [1.82, 2.24) is 4.90 Å². The van der Waals surface area contributed by atoms with Crippen molar-refractivity contribution >= 4 is 11.3 Å². The fourth-order valence-electron chi connectivity index (χ4n) is 1.69. The third-order valence-electron chi connectivity index (χ3n) is 2.52. The van der Waals surface area contributed by atoms with Gasteiger partial charge in [0.1, 0.15) is 5.76 Å². The SMILES string of the molecule is C/C=C\CN(Cc1ccco1)Cc1cccs1. The van der Waals surface area contributed by atoms with Crippen molar-refractivity contribution in [3.05, 3.63) is 58.7 Å². The molecule has 90 valence electrons. The van der Waals surface area contributed by atoms with Gasteiger partial charge in [0.2, 0.25) is 0 Å². The molecule has 0 fully saturated rings. The quantitative estimate of drug-likeness (QED) is 0.719. The second kappa shape index (κ2) is 6.42. The van der Waals surface area contributed by atoms with Gasteiger partial charge in [-0.05, 0) is 30.5 Å². The van der Waals surface area contributed by atoms with E-state index in [1.807, 2.05) is 12.1 Å². The van der Waals surface area contributed by atoms with E-state index in [2.05, 4.69) is 41.5 Å². The predicted octanol–water partition coefficient (Wildman–Crippen LogP) is 3.92. The van der Waals surface area contributed by atoms with Crippen molar-refractivity contribution in [1.29, 1.82) is 0 Å². The van der Waals surface area contributed by atoms with Gasteiger partial charge in [-0.2, -0.15) is 0 Å². The van der Waals surface area contributed by atoms with Gasteiger partial charge in [-0.1, -0.05) is 18.2 Å². The Morgan fingerprint density at radius 3 is 2.88 bits per heavy atom.